The lowest BCUT2D eigenvalue weighted by atomic mass is 9.98. The van der Waals surface area contributed by atoms with Crippen molar-refractivity contribution in [2.24, 2.45) is 5.73 Å². The highest BCUT2D eigenvalue weighted by molar-refractivity contribution is 6.31. The van der Waals surface area contributed by atoms with E-state index < -0.39 is 0 Å². The number of hydrogen-bond donors (Lipinski definition) is 1. The molecule has 106 valence electrons. The van der Waals surface area contributed by atoms with E-state index in [0.29, 0.717) is 11.1 Å². The van der Waals surface area contributed by atoms with Crippen LogP contribution in [0, 0.1) is 0 Å². The molecule has 3 aliphatic heterocycles. The molecule has 2 bridgehead atoms. The Bertz CT molecular complexity index is 450. The Morgan fingerprint density at radius 1 is 1.32 bits per heavy atom. The minimum Gasteiger partial charge on any atom is -0.321 e. The van der Waals surface area contributed by atoms with Gasteiger partial charge < -0.3 is 5.73 Å². The molecule has 0 saturated carbocycles. The maximum absolute atomic E-state index is 6.53. The summed E-state index contributed by atoms with van der Waals surface area (Å²) >= 11 is 6.31. The average Bonchev–Trinajstić information content (AvgIpc) is 2.81. The van der Waals surface area contributed by atoms with Crippen molar-refractivity contribution < 1.29 is 0 Å². The molecular formula is C13H22ClN5. The minimum atomic E-state index is -0.0690. The highest BCUT2D eigenvalue weighted by Gasteiger charge is 2.37. The summed E-state index contributed by atoms with van der Waals surface area (Å²) in [7, 11) is 0. The first kappa shape index (κ1) is 13.4. The maximum Gasteiger partial charge on any atom is 0.0834 e. The zero-order valence-electron chi connectivity index (χ0n) is 11.6. The number of piperazine rings is 3. The van der Waals surface area contributed by atoms with E-state index >= 15 is 0 Å². The Morgan fingerprint density at radius 3 is 2.53 bits per heavy atom. The summed E-state index contributed by atoms with van der Waals surface area (Å²) in [5.74, 6) is 0. The van der Waals surface area contributed by atoms with Gasteiger partial charge in [0.15, 0.2) is 0 Å². The van der Waals surface area contributed by atoms with Crippen molar-refractivity contribution >= 4 is 11.6 Å². The molecule has 4 heterocycles. The van der Waals surface area contributed by atoms with Crippen LogP contribution in [0.2, 0.25) is 5.02 Å². The molecular weight excluding hydrogens is 262 g/mol. The smallest absolute Gasteiger partial charge is 0.0834 e. The van der Waals surface area contributed by atoms with Crippen LogP contribution >= 0.6 is 11.6 Å². The number of hydrogen-bond acceptors (Lipinski definition) is 4. The molecule has 2 unspecified atom stereocenters. The first-order valence-corrected chi connectivity index (χ1v) is 7.40. The van der Waals surface area contributed by atoms with Gasteiger partial charge in [-0.15, -0.1) is 0 Å². The molecule has 6 heteroatoms. The largest absolute Gasteiger partial charge is 0.321 e. The van der Waals surface area contributed by atoms with Gasteiger partial charge in [0.1, 0.15) is 0 Å². The third kappa shape index (κ3) is 2.29. The summed E-state index contributed by atoms with van der Waals surface area (Å²) in [6, 6.07) is 0.569. The molecule has 0 amide bonds. The van der Waals surface area contributed by atoms with E-state index in [9.17, 15) is 0 Å². The highest BCUT2D eigenvalue weighted by Crippen LogP contribution is 2.31. The van der Waals surface area contributed by atoms with Crippen LogP contribution in [0.25, 0.3) is 0 Å². The zero-order chi connectivity index (χ0) is 13.6. The molecule has 0 radical (unpaired) electrons. The second kappa shape index (κ2) is 5.05. The third-order valence-corrected chi connectivity index (χ3v) is 4.62. The highest BCUT2D eigenvalue weighted by atomic mass is 35.5. The van der Waals surface area contributed by atoms with Gasteiger partial charge in [0.2, 0.25) is 0 Å². The first-order chi connectivity index (χ1) is 9.08. The van der Waals surface area contributed by atoms with Crippen LogP contribution in [0.1, 0.15) is 31.6 Å². The van der Waals surface area contributed by atoms with Crippen molar-refractivity contribution in [1.29, 1.82) is 0 Å². The molecule has 0 spiro atoms. The summed E-state index contributed by atoms with van der Waals surface area (Å²) in [4.78, 5) is 4.99. The number of aromatic nitrogens is 2. The molecule has 3 fully saturated rings. The predicted octanol–water partition coefficient (Wildman–Crippen LogP) is 1.12. The van der Waals surface area contributed by atoms with Gasteiger partial charge in [-0.3, -0.25) is 14.5 Å². The van der Waals surface area contributed by atoms with Crippen molar-refractivity contribution in [3.63, 3.8) is 0 Å². The molecule has 1 aromatic rings. The topological polar surface area (TPSA) is 50.3 Å². The van der Waals surface area contributed by atoms with E-state index in [1.165, 1.54) is 13.1 Å². The van der Waals surface area contributed by atoms with Crippen LogP contribution in [0.4, 0.5) is 0 Å². The van der Waals surface area contributed by atoms with Crippen LogP contribution in [-0.4, -0.2) is 58.3 Å². The van der Waals surface area contributed by atoms with Gasteiger partial charge in [-0.25, -0.2) is 0 Å². The van der Waals surface area contributed by atoms with E-state index in [1.807, 2.05) is 4.68 Å². The van der Waals surface area contributed by atoms with Crippen molar-refractivity contribution in [2.45, 2.75) is 32.0 Å². The van der Waals surface area contributed by atoms with Crippen LogP contribution in [0.15, 0.2) is 6.20 Å². The summed E-state index contributed by atoms with van der Waals surface area (Å²) in [5.41, 5.74) is 7.51. The van der Waals surface area contributed by atoms with E-state index in [2.05, 4.69) is 28.7 Å². The van der Waals surface area contributed by atoms with Crippen LogP contribution < -0.4 is 5.73 Å². The fraction of sp³-hybridized carbons (Fsp3) is 0.769. The molecule has 0 aliphatic carbocycles. The van der Waals surface area contributed by atoms with Crippen molar-refractivity contribution in [1.82, 2.24) is 19.6 Å². The standard InChI is InChI=1S/C13H22ClN5/c1-9(2)19-13(10(14)7-16-19)12(15)11-8-17-3-5-18(11)6-4-17/h7,9,11-12H,3-6,8,15H2,1-2H3. The summed E-state index contributed by atoms with van der Waals surface area (Å²) in [6.07, 6.45) is 1.72. The molecule has 4 rings (SSSR count). The molecule has 2 N–H and O–H groups in total. The monoisotopic (exact) mass is 283 g/mol. The molecule has 19 heavy (non-hydrogen) atoms. The number of fused-ring (bicyclic) bond motifs is 3. The Kier molecular flexibility index (Phi) is 3.55. The van der Waals surface area contributed by atoms with Gasteiger partial charge in [-0.2, -0.15) is 5.10 Å². The van der Waals surface area contributed by atoms with Gasteiger partial charge in [0.25, 0.3) is 0 Å². The van der Waals surface area contributed by atoms with Gasteiger partial charge in [-0.1, -0.05) is 11.6 Å². The third-order valence-electron chi connectivity index (χ3n) is 4.33. The Morgan fingerprint density at radius 2 is 2.00 bits per heavy atom. The fourth-order valence-corrected chi connectivity index (χ4v) is 3.51. The van der Waals surface area contributed by atoms with Gasteiger partial charge >= 0.3 is 0 Å². The number of rotatable bonds is 3. The van der Waals surface area contributed by atoms with Crippen LogP contribution in [0.5, 0.6) is 0 Å². The number of halogens is 1. The maximum atomic E-state index is 6.53. The number of nitrogens with zero attached hydrogens (tertiary/aromatic N) is 4. The second-order valence-corrected chi connectivity index (χ2v) is 6.25. The van der Waals surface area contributed by atoms with Gasteiger partial charge in [0, 0.05) is 44.8 Å². The lowest BCUT2D eigenvalue weighted by Gasteiger charge is -2.49. The Labute approximate surface area is 119 Å². The zero-order valence-corrected chi connectivity index (χ0v) is 12.3. The van der Waals surface area contributed by atoms with E-state index in [1.54, 1.807) is 6.20 Å². The molecule has 3 aliphatic rings. The van der Waals surface area contributed by atoms with E-state index in [0.717, 1.165) is 25.3 Å². The predicted molar refractivity (Wildman–Crippen MR) is 76.4 cm³/mol. The second-order valence-electron chi connectivity index (χ2n) is 5.85. The van der Waals surface area contributed by atoms with Crippen molar-refractivity contribution in [2.75, 3.05) is 32.7 Å². The lowest BCUT2D eigenvalue weighted by molar-refractivity contribution is 0.000897. The quantitative estimate of drug-likeness (QED) is 0.903. The summed E-state index contributed by atoms with van der Waals surface area (Å²) in [5, 5.41) is 5.06. The van der Waals surface area contributed by atoms with Crippen LogP contribution in [-0.2, 0) is 0 Å². The minimum absolute atomic E-state index is 0.0690. The summed E-state index contributed by atoms with van der Waals surface area (Å²) < 4.78 is 1.96. The fourth-order valence-electron chi connectivity index (χ4n) is 3.25. The molecule has 1 aromatic heterocycles. The molecule has 2 atom stereocenters. The van der Waals surface area contributed by atoms with Gasteiger partial charge in [-0.05, 0) is 13.8 Å². The first-order valence-electron chi connectivity index (χ1n) is 7.03. The van der Waals surface area contributed by atoms with Gasteiger partial charge in [0.05, 0.1) is 23.0 Å². The van der Waals surface area contributed by atoms with Crippen molar-refractivity contribution in [3.8, 4) is 0 Å². The Balaban J connectivity index is 1.87. The molecule has 0 aromatic carbocycles. The Hall–Kier alpha value is -0.620. The molecule has 5 nitrogen and oxygen atoms in total. The average molecular weight is 284 g/mol. The molecule has 3 saturated heterocycles. The van der Waals surface area contributed by atoms with E-state index in [4.69, 9.17) is 17.3 Å². The lowest BCUT2D eigenvalue weighted by Crippen LogP contribution is -2.63. The number of nitrogens with two attached hydrogens (primary N) is 1. The summed E-state index contributed by atoms with van der Waals surface area (Å²) in [6.45, 7) is 9.83. The van der Waals surface area contributed by atoms with Crippen molar-refractivity contribution in [3.05, 3.63) is 16.9 Å². The SMILES string of the molecule is CC(C)n1ncc(Cl)c1C(N)C1CN2CCN1CC2. The normalized spacial score (nSPS) is 31.9. The van der Waals surface area contributed by atoms with Crippen LogP contribution in [0.3, 0.4) is 0 Å². The van der Waals surface area contributed by atoms with E-state index in [-0.39, 0.29) is 12.1 Å².